The first-order chi connectivity index (χ1) is 12.8. The number of Topliss-reactive ketones (excluding diaryl/α,β-unsaturated/α-hetero) is 1. The Morgan fingerprint density at radius 1 is 1.04 bits per heavy atom. The topological polar surface area (TPSA) is 70.2 Å². The number of aryl methyl sites for hydroxylation is 3. The van der Waals surface area contributed by atoms with E-state index in [1.807, 2.05) is 51.1 Å². The van der Waals surface area contributed by atoms with Crippen LogP contribution in [-0.2, 0) is 0 Å². The number of anilines is 1. The van der Waals surface area contributed by atoms with Gasteiger partial charge >= 0.3 is 0 Å². The summed E-state index contributed by atoms with van der Waals surface area (Å²) in [6, 6.07) is 15.2. The van der Waals surface area contributed by atoms with Crippen molar-refractivity contribution in [3.63, 3.8) is 0 Å². The third-order valence-electron chi connectivity index (χ3n) is 3.97. The molecule has 6 heteroatoms. The minimum absolute atomic E-state index is 0.0239. The first kappa shape index (κ1) is 18.8. The molecule has 2 N–H and O–H groups in total. The van der Waals surface area contributed by atoms with Crippen molar-refractivity contribution < 1.29 is 4.79 Å². The minimum atomic E-state index is 0.0239. The molecule has 0 fully saturated rings. The Kier molecular flexibility index (Phi) is 5.37. The average molecular weight is 379 g/mol. The molecule has 0 saturated carbocycles. The van der Waals surface area contributed by atoms with E-state index < -0.39 is 0 Å². The molecule has 3 aromatic rings. The molecule has 5 nitrogen and oxygen atoms in total. The standard InChI is InChI=1S/C21H22N4OS/c1-13-9-14(2)11-19(10-13)24-21(25-20(22)12-15(3)27-25)23-18-7-5-17(6-8-18)16(4)26/h5-12,22H,1-4H3,(H,23,24). The Labute approximate surface area is 162 Å². The van der Waals surface area contributed by atoms with Crippen LogP contribution in [0.15, 0.2) is 53.5 Å². The van der Waals surface area contributed by atoms with Crippen molar-refractivity contribution in [1.29, 1.82) is 5.41 Å². The van der Waals surface area contributed by atoms with Gasteiger partial charge in [-0.2, -0.15) is 0 Å². The zero-order chi connectivity index (χ0) is 19.6. The lowest BCUT2D eigenvalue weighted by atomic mass is 10.1. The van der Waals surface area contributed by atoms with Crippen LogP contribution in [0.2, 0.25) is 0 Å². The van der Waals surface area contributed by atoms with Gasteiger partial charge in [0.2, 0.25) is 5.96 Å². The lowest BCUT2D eigenvalue weighted by molar-refractivity contribution is 0.101. The fraction of sp³-hybridized carbons (Fsp3) is 0.190. The van der Waals surface area contributed by atoms with Crippen LogP contribution in [0.1, 0.15) is 33.3 Å². The van der Waals surface area contributed by atoms with Gasteiger partial charge in [0, 0.05) is 16.1 Å². The molecule has 0 radical (unpaired) electrons. The zero-order valence-corrected chi connectivity index (χ0v) is 16.6. The van der Waals surface area contributed by atoms with Gasteiger partial charge in [0.15, 0.2) is 5.78 Å². The van der Waals surface area contributed by atoms with E-state index in [1.165, 1.54) is 11.5 Å². The van der Waals surface area contributed by atoms with Crippen molar-refractivity contribution >= 4 is 34.7 Å². The minimum Gasteiger partial charge on any atom is -0.325 e. The zero-order valence-electron chi connectivity index (χ0n) is 15.8. The molecule has 1 aromatic heterocycles. The van der Waals surface area contributed by atoms with Crippen LogP contribution in [0.4, 0.5) is 11.4 Å². The predicted octanol–water partition coefficient (Wildman–Crippen LogP) is 4.80. The normalized spacial score (nSPS) is 11.5. The molecule has 0 aliphatic rings. The summed E-state index contributed by atoms with van der Waals surface area (Å²) in [6.07, 6.45) is 0. The Balaban J connectivity index is 2.05. The van der Waals surface area contributed by atoms with Crippen molar-refractivity contribution in [3.8, 4) is 0 Å². The maximum absolute atomic E-state index is 11.5. The van der Waals surface area contributed by atoms with Gasteiger partial charge in [0.05, 0.1) is 5.69 Å². The van der Waals surface area contributed by atoms with E-state index in [1.54, 1.807) is 23.0 Å². The second-order valence-electron chi connectivity index (χ2n) is 6.57. The first-order valence-electron chi connectivity index (χ1n) is 8.62. The van der Waals surface area contributed by atoms with Crippen LogP contribution >= 0.6 is 11.5 Å². The molecular weight excluding hydrogens is 356 g/mol. The monoisotopic (exact) mass is 378 g/mol. The van der Waals surface area contributed by atoms with Crippen molar-refractivity contribution in [1.82, 2.24) is 3.96 Å². The summed E-state index contributed by atoms with van der Waals surface area (Å²) in [5, 5.41) is 11.6. The number of ketones is 1. The van der Waals surface area contributed by atoms with E-state index >= 15 is 0 Å². The maximum Gasteiger partial charge on any atom is 0.223 e. The number of hydrogen-bond acceptors (Lipinski definition) is 4. The van der Waals surface area contributed by atoms with E-state index in [-0.39, 0.29) is 5.78 Å². The van der Waals surface area contributed by atoms with Crippen LogP contribution in [0, 0.1) is 26.2 Å². The molecule has 27 heavy (non-hydrogen) atoms. The Morgan fingerprint density at radius 2 is 1.67 bits per heavy atom. The summed E-state index contributed by atoms with van der Waals surface area (Å²) in [6.45, 7) is 7.61. The van der Waals surface area contributed by atoms with Gasteiger partial charge in [-0.25, -0.2) is 8.95 Å². The summed E-state index contributed by atoms with van der Waals surface area (Å²) < 4.78 is 1.76. The Hall–Kier alpha value is -2.99. The summed E-state index contributed by atoms with van der Waals surface area (Å²) in [4.78, 5) is 17.2. The number of carbonyl (C=O) groups is 1. The molecule has 0 bridgehead atoms. The quantitative estimate of drug-likeness (QED) is 0.390. The molecule has 0 aliphatic heterocycles. The van der Waals surface area contributed by atoms with Crippen LogP contribution in [0.3, 0.4) is 0 Å². The smallest absolute Gasteiger partial charge is 0.223 e. The van der Waals surface area contributed by atoms with Crippen LogP contribution in [0.25, 0.3) is 0 Å². The van der Waals surface area contributed by atoms with Gasteiger partial charge < -0.3 is 5.32 Å². The van der Waals surface area contributed by atoms with Crippen LogP contribution in [0.5, 0.6) is 0 Å². The van der Waals surface area contributed by atoms with Crippen LogP contribution < -0.4 is 10.8 Å². The highest BCUT2D eigenvalue weighted by molar-refractivity contribution is 7.07. The molecule has 0 amide bonds. The molecule has 1 heterocycles. The molecule has 3 rings (SSSR count). The van der Waals surface area contributed by atoms with Crippen LogP contribution in [-0.4, -0.2) is 15.7 Å². The van der Waals surface area contributed by atoms with Gasteiger partial charge in [-0.3, -0.25) is 10.2 Å². The van der Waals surface area contributed by atoms with E-state index in [0.717, 1.165) is 21.7 Å². The number of rotatable bonds is 3. The van der Waals surface area contributed by atoms with E-state index in [2.05, 4.69) is 11.4 Å². The number of benzene rings is 2. The second-order valence-corrected chi connectivity index (χ2v) is 7.76. The molecule has 0 atom stereocenters. The van der Waals surface area contributed by atoms with Crippen molar-refractivity contribution in [2.24, 2.45) is 4.99 Å². The summed E-state index contributed by atoms with van der Waals surface area (Å²) >= 11 is 1.46. The lowest BCUT2D eigenvalue weighted by Gasteiger charge is -2.12. The Morgan fingerprint density at radius 3 is 2.19 bits per heavy atom. The van der Waals surface area contributed by atoms with E-state index in [0.29, 0.717) is 22.7 Å². The number of carbonyl (C=O) groups excluding carboxylic acids is 1. The van der Waals surface area contributed by atoms with E-state index in [4.69, 9.17) is 10.4 Å². The van der Waals surface area contributed by atoms with Gasteiger partial charge in [-0.05, 0) is 81.3 Å². The second kappa shape index (κ2) is 7.72. The first-order valence-corrected chi connectivity index (χ1v) is 9.39. The van der Waals surface area contributed by atoms with Gasteiger partial charge in [-0.1, -0.05) is 17.6 Å². The maximum atomic E-state index is 11.5. The predicted molar refractivity (Wildman–Crippen MR) is 111 cm³/mol. The highest BCUT2D eigenvalue weighted by Crippen LogP contribution is 2.18. The highest BCUT2D eigenvalue weighted by Gasteiger charge is 2.09. The third kappa shape index (κ3) is 4.60. The van der Waals surface area contributed by atoms with Crippen molar-refractivity contribution in [2.45, 2.75) is 27.7 Å². The molecule has 2 aromatic carbocycles. The van der Waals surface area contributed by atoms with Gasteiger partial charge in [0.25, 0.3) is 0 Å². The fourth-order valence-corrected chi connectivity index (χ4v) is 3.60. The summed E-state index contributed by atoms with van der Waals surface area (Å²) in [5.74, 6) is 0.578. The SMILES string of the molecule is CC(=O)c1ccc(N=C(Nc2cc(C)cc(C)c2)n2sc(C)cc2=N)cc1. The fourth-order valence-electron chi connectivity index (χ4n) is 2.82. The number of hydrogen-bond donors (Lipinski definition) is 2. The van der Waals surface area contributed by atoms with Gasteiger partial charge in [-0.15, -0.1) is 0 Å². The highest BCUT2D eigenvalue weighted by atomic mass is 32.1. The average Bonchev–Trinajstić information content (AvgIpc) is 2.92. The molecular formula is C21H22N4OS. The number of aromatic nitrogens is 1. The Bertz CT molecular complexity index is 1050. The summed E-state index contributed by atoms with van der Waals surface area (Å²) in [7, 11) is 0. The molecule has 0 saturated heterocycles. The van der Waals surface area contributed by atoms with Gasteiger partial charge in [0.1, 0.15) is 5.49 Å². The summed E-state index contributed by atoms with van der Waals surface area (Å²) in [5.41, 5.74) is 4.96. The largest absolute Gasteiger partial charge is 0.325 e. The molecule has 138 valence electrons. The number of nitrogens with zero attached hydrogens (tertiary/aromatic N) is 2. The molecule has 0 spiro atoms. The number of nitrogens with one attached hydrogen (secondary N) is 2. The third-order valence-corrected chi connectivity index (χ3v) is 4.93. The van der Waals surface area contributed by atoms with Crippen molar-refractivity contribution in [2.75, 3.05) is 5.32 Å². The lowest BCUT2D eigenvalue weighted by Crippen LogP contribution is -2.28. The van der Waals surface area contributed by atoms with E-state index in [9.17, 15) is 4.79 Å². The van der Waals surface area contributed by atoms with Crippen molar-refractivity contribution in [3.05, 3.63) is 75.6 Å². The molecule has 0 aliphatic carbocycles. The number of aliphatic imine (C=N–C) groups is 1. The molecule has 0 unspecified atom stereocenters.